The number of fused-ring (bicyclic) bond motifs is 2. The first-order chi connectivity index (χ1) is 14.6. The average Bonchev–Trinajstić information content (AvgIpc) is 3.34. The number of carbonyl (C=O) groups excluding carboxylic acids is 2. The number of rotatable bonds is 4. The lowest BCUT2D eigenvalue weighted by Gasteiger charge is -2.12. The number of pyridine rings is 1. The van der Waals surface area contributed by atoms with Gasteiger partial charge in [-0.25, -0.2) is 0 Å². The highest BCUT2D eigenvalue weighted by Gasteiger charge is 2.25. The molecule has 2 aromatic heterocycles. The van der Waals surface area contributed by atoms with Gasteiger partial charge in [0.2, 0.25) is 0 Å². The third-order valence-electron chi connectivity index (χ3n) is 5.36. The van der Waals surface area contributed by atoms with Gasteiger partial charge in [0.15, 0.2) is 0 Å². The van der Waals surface area contributed by atoms with E-state index in [1.165, 1.54) is 0 Å². The first-order valence-electron chi connectivity index (χ1n) is 9.72. The minimum absolute atomic E-state index is 0.356. The molecule has 0 unspecified atom stereocenters. The Morgan fingerprint density at radius 1 is 0.967 bits per heavy atom. The van der Waals surface area contributed by atoms with Gasteiger partial charge in [0.1, 0.15) is 5.69 Å². The fourth-order valence-corrected chi connectivity index (χ4v) is 3.85. The van der Waals surface area contributed by atoms with E-state index in [0.29, 0.717) is 18.1 Å². The third kappa shape index (κ3) is 2.99. The van der Waals surface area contributed by atoms with Crippen molar-refractivity contribution in [1.82, 2.24) is 4.40 Å². The summed E-state index contributed by atoms with van der Waals surface area (Å²) in [6.45, 7) is 0.711. The monoisotopic (exact) mass is 396 g/mol. The summed E-state index contributed by atoms with van der Waals surface area (Å²) in [5, 5.41) is 6.03. The minimum atomic E-state index is -0.662. The lowest BCUT2D eigenvalue weighted by molar-refractivity contribution is -0.112. The number of hydrogen-bond acceptors (Lipinski definition) is 4. The first kappa shape index (κ1) is 18.0. The molecule has 1 aliphatic rings. The maximum atomic E-state index is 13.3. The molecule has 30 heavy (non-hydrogen) atoms. The Balaban J connectivity index is 1.52. The predicted octanol–water partition coefficient (Wildman–Crippen LogP) is 4.25. The second-order valence-electron chi connectivity index (χ2n) is 7.32. The molecular formula is C24H20N4O2. The van der Waals surface area contributed by atoms with Gasteiger partial charge in [-0.15, -0.1) is 0 Å². The van der Waals surface area contributed by atoms with E-state index >= 15 is 0 Å². The van der Waals surface area contributed by atoms with Gasteiger partial charge in [-0.05, 0) is 42.0 Å². The second kappa shape index (κ2) is 7.08. The van der Waals surface area contributed by atoms with E-state index in [0.717, 1.165) is 28.0 Å². The fraction of sp³-hybridized carbons (Fsp3) is 0.0833. The number of Topliss-reactive ketones (excluding diaryl/α,β-unsaturated/α-hetero) is 1. The van der Waals surface area contributed by atoms with E-state index in [4.69, 9.17) is 0 Å². The molecule has 2 N–H and O–H groups in total. The summed E-state index contributed by atoms with van der Waals surface area (Å²) in [6.07, 6.45) is 1.80. The van der Waals surface area contributed by atoms with Crippen LogP contribution < -0.4 is 15.5 Å². The molecular weight excluding hydrogens is 376 g/mol. The predicted molar refractivity (Wildman–Crippen MR) is 119 cm³/mol. The van der Waals surface area contributed by atoms with Crippen molar-refractivity contribution in [3.63, 3.8) is 0 Å². The van der Waals surface area contributed by atoms with Crippen LogP contribution >= 0.6 is 0 Å². The quantitative estimate of drug-likeness (QED) is 0.400. The Morgan fingerprint density at radius 2 is 1.77 bits per heavy atom. The normalized spacial score (nSPS) is 12.5. The number of nitrogens with one attached hydrogen (secondary N) is 2. The van der Waals surface area contributed by atoms with Crippen LogP contribution in [0.4, 0.5) is 17.1 Å². The Hall–Kier alpha value is -4.06. The lowest BCUT2D eigenvalue weighted by Crippen LogP contribution is -2.24. The van der Waals surface area contributed by atoms with Crippen LogP contribution in [0, 0.1) is 0 Å². The summed E-state index contributed by atoms with van der Waals surface area (Å²) < 4.78 is 1.77. The molecule has 0 saturated heterocycles. The Labute approximate surface area is 173 Å². The van der Waals surface area contributed by atoms with E-state index in [-0.39, 0.29) is 0 Å². The molecule has 4 aromatic rings. The molecule has 0 saturated carbocycles. The summed E-state index contributed by atoms with van der Waals surface area (Å²) >= 11 is 0. The summed E-state index contributed by atoms with van der Waals surface area (Å²) in [5.74, 6) is -1.24. The van der Waals surface area contributed by atoms with Crippen molar-refractivity contribution < 1.29 is 9.59 Å². The molecule has 6 heteroatoms. The van der Waals surface area contributed by atoms with Crippen molar-refractivity contribution in [2.45, 2.75) is 0 Å². The summed E-state index contributed by atoms with van der Waals surface area (Å²) in [7, 11) is 1.97. The number of nitrogens with zero attached hydrogens (tertiary/aromatic N) is 2. The van der Waals surface area contributed by atoms with Gasteiger partial charge in [0, 0.05) is 30.0 Å². The largest absolute Gasteiger partial charge is 0.366 e. The molecule has 5 rings (SSSR count). The van der Waals surface area contributed by atoms with Crippen molar-refractivity contribution >= 4 is 34.3 Å². The molecule has 1 aliphatic heterocycles. The van der Waals surface area contributed by atoms with Gasteiger partial charge in [-0.1, -0.05) is 36.4 Å². The molecule has 0 aliphatic carbocycles. The molecule has 0 radical (unpaired) electrons. The topological polar surface area (TPSA) is 65.8 Å². The number of carbonyl (C=O) groups is 2. The SMILES string of the molecule is CN1CNc2ccc(NC(=O)C(=O)c3c(-c4ccccc4)cc4ccccn34)cc21. The minimum Gasteiger partial charge on any atom is -0.366 e. The van der Waals surface area contributed by atoms with Crippen molar-refractivity contribution in [3.8, 4) is 11.1 Å². The Morgan fingerprint density at radius 3 is 2.60 bits per heavy atom. The van der Waals surface area contributed by atoms with Gasteiger partial charge in [-0.3, -0.25) is 9.59 Å². The summed E-state index contributed by atoms with van der Waals surface area (Å²) in [4.78, 5) is 28.2. The summed E-state index contributed by atoms with van der Waals surface area (Å²) in [5.41, 5.74) is 5.42. The number of anilines is 3. The van der Waals surface area contributed by atoms with Gasteiger partial charge in [-0.2, -0.15) is 0 Å². The number of ketones is 1. The van der Waals surface area contributed by atoms with Gasteiger partial charge in [0.05, 0.1) is 18.0 Å². The average molecular weight is 396 g/mol. The lowest BCUT2D eigenvalue weighted by atomic mass is 10.0. The third-order valence-corrected chi connectivity index (χ3v) is 5.36. The van der Waals surface area contributed by atoms with Crippen LogP contribution in [0.5, 0.6) is 0 Å². The number of benzene rings is 2. The van der Waals surface area contributed by atoms with Crippen LogP contribution in [0.2, 0.25) is 0 Å². The number of hydrogen-bond donors (Lipinski definition) is 2. The van der Waals surface area contributed by atoms with Gasteiger partial charge >= 0.3 is 0 Å². The standard InChI is InChI=1S/C24H20N4O2/c1-27-15-25-20-11-10-17(13-21(20)27)26-24(30)23(29)22-19(16-7-3-2-4-8-16)14-18-9-5-6-12-28(18)22/h2-14,25H,15H2,1H3,(H,26,30). The van der Waals surface area contributed by atoms with E-state index in [2.05, 4.69) is 10.6 Å². The van der Waals surface area contributed by atoms with Crippen molar-refractivity contribution in [2.24, 2.45) is 0 Å². The maximum Gasteiger partial charge on any atom is 0.298 e. The van der Waals surface area contributed by atoms with E-state index in [1.807, 2.05) is 78.7 Å². The zero-order valence-electron chi connectivity index (χ0n) is 16.4. The highest BCUT2D eigenvalue weighted by atomic mass is 16.2. The van der Waals surface area contributed by atoms with Gasteiger partial charge in [0.25, 0.3) is 11.7 Å². The molecule has 2 aromatic carbocycles. The van der Waals surface area contributed by atoms with E-state index < -0.39 is 11.7 Å². The first-order valence-corrected chi connectivity index (χ1v) is 9.72. The zero-order chi connectivity index (χ0) is 20.7. The highest BCUT2D eigenvalue weighted by Crippen LogP contribution is 2.33. The molecule has 148 valence electrons. The van der Waals surface area contributed by atoms with Crippen LogP contribution in [0.1, 0.15) is 10.5 Å². The van der Waals surface area contributed by atoms with Crippen LogP contribution in [0.15, 0.2) is 79.0 Å². The van der Waals surface area contributed by atoms with Crippen molar-refractivity contribution in [3.05, 3.63) is 84.7 Å². The molecule has 6 nitrogen and oxygen atoms in total. The van der Waals surface area contributed by atoms with Crippen molar-refractivity contribution in [1.29, 1.82) is 0 Å². The second-order valence-corrected chi connectivity index (χ2v) is 7.32. The zero-order valence-corrected chi connectivity index (χ0v) is 16.4. The molecule has 0 fully saturated rings. The molecule has 1 amide bonds. The van der Waals surface area contributed by atoms with Crippen LogP contribution in [-0.2, 0) is 4.79 Å². The fourth-order valence-electron chi connectivity index (χ4n) is 3.85. The number of aromatic nitrogens is 1. The van der Waals surface area contributed by atoms with Crippen LogP contribution in [0.3, 0.4) is 0 Å². The molecule has 0 bridgehead atoms. The molecule has 3 heterocycles. The number of amides is 1. The Bertz CT molecular complexity index is 1280. The van der Waals surface area contributed by atoms with E-state index in [9.17, 15) is 9.59 Å². The van der Waals surface area contributed by atoms with Gasteiger partial charge < -0.3 is 19.9 Å². The molecule has 0 atom stereocenters. The van der Waals surface area contributed by atoms with Crippen molar-refractivity contribution in [2.75, 3.05) is 29.2 Å². The van der Waals surface area contributed by atoms with Crippen LogP contribution in [0.25, 0.3) is 16.6 Å². The summed E-state index contributed by atoms with van der Waals surface area (Å²) in [6, 6.07) is 22.8. The maximum absolute atomic E-state index is 13.3. The highest BCUT2D eigenvalue weighted by molar-refractivity contribution is 6.47. The smallest absolute Gasteiger partial charge is 0.298 e. The molecule has 0 spiro atoms. The van der Waals surface area contributed by atoms with Crippen LogP contribution in [-0.4, -0.2) is 29.8 Å². The van der Waals surface area contributed by atoms with E-state index in [1.54, 1.807) is 16.7 Å². The Kier molecular flexibility index (Phi) is 4.25.